The summed E-state index contributed by atoms with van der Waals surface area (Å²) in [5.41, 5.74) is 2.00. The van der Waals surface area contributed by atoms with Crippen molar-refractivity contribution in [1.29, 1.82) is 0 Å². The van der Waals surface area contributed by atoms with Gasteiger partial charge in [0.15, 0.2) is 6.61 Å². The van der Waals surface area contributed by atoms with E-state index in [1.54, 1.807) is 11.0 Å². The van der Waals surface area contributed by atoms with Gasteiger partial charge in [0.2, 0.25) is 5.91 Å². The quantitative estimate of drug-likeness (QED) is 0.489. The molecule has 0 fully saturated rings. The Morgan fingerprint density at radius 1 is 1.03 bits per heavy atom. The van der Waals surface area contributed by atoms with Gasteiger partial charge in [0.05, 0.1) is 0 Å². The molecule has 6 heteroatoms. The lowest BCUT2D eigenvalue weighted by Gasteiger charge is -2.31. The van der Waals surface area contributed by atoms with Crippen LogP contribution in [0.4, 0.5) is 0 Å². The second-order valence-electron chi connectivity index (χ2n) is 8.69. The number of nitrogens with zero attached hydrogens (tertiary/aromatic N) is 1. The summed E-state index contributed by atoms with van der Waals surface area (Å²) in [6.07, 6.45) is 0.489. The third-order valence-electron chi connectivity index (χ3n) is 5.28. The Labute approximate surface area is 197 Å². The van der Waals surface area contributed by atoms with E-state index < -0.39 is 6.04 Å². The molecule has 2 aromatic rings. The van der Waals surface area contributed by atoms with Crippen LogP contribution in [-0.2, 0) is 16.1 Å². The number of benzene rings is 2. The molecule has 0 unspecified atom stereocenters. The molecule has 0 spiro atoms. The fraction of sp³-hybridized carbons (Fsp3) is 0.462. The second kappa shape index (κ2) is 12.5. The van der Waals surface area contributed by atoms with Crippen LogP contribution in [0.15, 0.2) is 48.5 Å². The lowest BCUT2D eigenvalue weighted by atomic mass is 10.0. The van der Waals surface area contributed by atoms with Crippen molar-refractivity contribution >= 4 is 23.4 Å². The van der Waals surface area contributed by atoms with Crippen molar-refractivity contribution in [2.24, 2.45) is 5.92 Å². The average Bonchev–Trinajstić information content (AvgIpc) is 2.77. The molecule has 0 saturated heterocycles. The number of hydrogen-bond donors (Lipinski definition) is 1. The highest BCUT2D eigenvalue weighted by Crippen LogP contribution is 2.21. The van der Waals surface area contributed by atoms with Gasteiger partial charge in [-0.15, -0.1) is 0 Å². The van der Waals surface area contributed by atoms with E-state index in [4.69, 9.17) is 16.3 Å². The zero-order valence-corrected chi connectivity index (χ0v) is 20.5. The first kappa shape index (κ1) is 25.7. The monoisotopic (exact) mass is 458 g/mol. The summed E-state index contributed by atoms with van der Waals surface area (Å²) in [7, 11) is 0. The number of carbonyl (C=O) groups excluding carboxylic acids is 2. The number of nitrogens with one attached hydrogen (secondary N) is 1. The van der Waals surface area contributed by atoms with Gasteiger partial charge in [-0.1, -0.05) is 76.6 Å². The van der Waals surface area contributed by atoms with E-state index in [0.29, 0.717) is 35.6 Å². The molecule has 5 nitrogen and oxygen atoms in total. The molecule has 1 N–H and O–H groups in total. The van der Waals surface area contributed by atoms with E-state index >= 15 is 0 Å². The van der Waals surface area contributed by atoms with E-state index in [2.05, 4.69) is 19.2 Å². The lowest BCUT2D eigenvalue weighted by Crippen LogP contribution is -2.50. The van der Waals surface area contributed by atoms with Crippen molar-refractivity contribution in [3.63, 3.8) is 0 Å². The molecular formula is C26H35ClN2O3. The van der Waals surface area contributed by atoms with E-state index in [-0.39, 0.29) is 25.0 Å². The number of ether oxygens (including phenoxy) is 1. The lowest BCUT2D eigenvalue weighted by molar-refractivity contribution is -0.143. The SMILES string of the molecule is CC[C@H](C(=O)NCC(C)C)N(Cc1ccccc1Cl)C(=O)COc1ccc(C(C)C)cc1. The van der Waals surface area contributed by atoms with Crippen LogP contribution in [-0.4, -0.2) is 35.9 Å². The van der Waals surface area contributed by atoms with E-state index in [1.165, 1.54) is 5.56 Å². The maximum Gasteiger partial charge on any atom is 0.261 e. The molecule has 0 saturated carbocycles. The van der Waals surface area contributed by atoms with Crippen molar-refractivity contribution in [2.75, 3.05) is 13.2 Å². The molecular weight excluding hydrogens is 424 g/mol. The Hall–Kier alpha value is -2.53. The van der Waals surface area contributed by atoms with E-state index in [1.807, 2.05) is 63.2 Å². The highest BCUT2D eigenvalue weighted by Gasteiger charge is 2.29. The molecule has 0 aliphatic carbocycles. The third kappa shape index (κ3) is 7.56. The van der Waals surface area contributed by atoms with Crippen LogP contribution < -0.4 is 10.1 Å². The first-order valence-corrected chi connectivity index (χ1v) is 11.6. The molecule has 2 rings (SSSR count). The van der Waals surface area contributed by atoms with Gasteiger partial charge >= 0.3 is 0 Å². The van der Waals surface area contributed by atoms with Gasteiger partial charge in [0, 0.05) is 18.1 Å². The van der Waals surface area contributed by atoms with Gasteiger partial charge in [-0.25, -0.2) is 0 Å². The molecule has 2 aromatic carbocycles. The van der Waals surface area contributed by atoms with Crippen molar-refractivity contribution in [3.05, 3.63) is 64.7 Å². The molecule has 174 valence electrons. The fourth-order valence-electron chi connectivity index (χ4n) is 3.33. The van der Waals surface area contributed by atoms with Gasteiger partial charge < -0.3 is 15.0 Å². The topological polar surface area (TPSA) is 58.6 Å². The number of rotatable bonds is 11. The fourth-order valence-corrected chi connectivity index (χ4v) is 3.52. The van der Waals surface area contributed by atoms with Crippen molar-refractivity contribution in [3.8, 4) is 5.75 Å². The minimum Gasteiger partial charge on any atom is -0.484 e. The average molecular weight is 459 g/mol. The van der Waals surface area contributed by atoms with Gasteiger partial charge in [-0.2, -0.15) is 0 Å². The predicted molar refractivity (Wildman–Crippen MR) is 130 cm³/mol. The Kier molecular flexibility index (Phi) is 10.0. The van der Waals surface area contributed by atoms with Gasteiger partial charge in [-0.05, 0) is 47.6 Å². The standard InChI is InChI=1S/C26H35ClN2O3/c1-6-24(26(31)28-15-18(2)3)29(16-21-9-7-8-10-23(21)27)25(30)17-32-22-13-11-20(12-14-22)19(4)5/h7-14,18-19,24H,6,15-17H2,1-5H3,(H,28,31)/t24-/m1/s1. The summed E-state index contributed by atoms with van der Waals surface area (Å²) in [5, 5.41) is 3.52. The van der Waals surface area contributed by atoms with Crippen LogP contribution in [0.25, 0.3) is 0 Å². The number of halogens is 1. The highest BCUT2D eigenvalue weighted by molar-refractivity contribution is 6.31. The number of carbonyl (C=O) groups is 2. The van der Waals surface area contributed by atoms with Crippen molar-refractivity contribution in [1.82, 2.24) is 10.2 Å². The van der Waals surface area contributed by atoms with Crippen LogP contribution in [0.1, 0.15) is 58.1 Å². The van der Waals surface area contributed by atoms with E-state index in [9.17, 15) is 9.59 Å². The Balaban J connectivity index is 2.18. The van der Waals surface area contributed by atoms with Crippen LogP contribution in [0.3, 0.4) is 0 Å². The van der Waals surface area contributed by atoms with E-state index in [0.717, 1.165) is 5.56 Å². The van der Waals surface area contributed by atoms with Crippen LogP contribution >= 0.6 is 11.6 Å². The zero-order chi connectivity index (χ0) is 23.7. The molecule has 1 atom stereocenters. The van der Waals surface area contributed by atoms with Crippen LogP contribution in [0.2, 0.25) is 5.02 Å². The zero-order valence-electron chi connectivity index (χ0n) is 19.7. The molecule has 0 heterocycles. The van der Waals surface area contributed by atoms with Crippen LogP contribution in [0, 0.1) is 5.92 Å². The van der Waals surface area contributed by atoms with Gasteiger partial charge in [0.25, 0.3) is 5.91 Å². The maximum atomic E-state index is 13.2. The van der Waals surface area contributed by atoms with Crippen LogP contribution in [0.5, 0.6) is 5.75 Å². The first-order valence-electron chi connectivity index (χ1n) is 11.3. The molecule has 0 aliphatic rings. The summed E-state index contributed by atoms with van der Waals surface area (Å²) in [5.74, 6) is 0.942. The molecule has 2 amide bonds. The highest BCUT2D eigenvalue weighted by atomic mass is 35.5. The van der Waals surface area contributed by atoms with Crippen molar-refractivity contribution in [2.45, 2.75) is 59.5 Å². The smallest absolute Gasteiger partial charge is 0.261 e. The maximum absolute atomic E-state index is 13.2. The Morgan fingerprint density at radius 2 is 1.69 bits per heavy atom. The summed E-state index contributed by atoms with van der Waals surface area (Å²) < 4.78 is 5.77. The summed E-state index contributed by atoms with van der Waals surface area (Å²) in [4.78, 5) is 27.7. The normalized spacial score (nSPS) is 12.0. The second-order valence-corrected chi connectivity index (χ2v) is 9.10. The minimum atomic E-state index is -0.607. The molecule has 0 radical (unpaired) electrons. The number of amides is 2. The molecule has 0 aliphatic heterocycles. The predicted octanol–water partition coefficient (Wildman–Crippen LogP) is 5.42. The molecule has 32 heavy (non-hydrogen) atoms. The molecule has 0 aromatic heterocycles. The summed E-state index contributed by atoms with van der Waals surface area (Å²) in [6, 6.07) is 14.5. The third-order valence-corrected chi connectivity index (χ3v) is 5.65. The first-order chi connectivity index (χ1) is 15.2. The minimum absolute atomic E-state index is 0.153. The molecule has 0 bridgehead atoms. The van der Waals surface area contributed by atoms with Crippen molar-refractivity contribution < 1.29 is 14.3 Å². The Morgan fingerprint density at radius 3 is 2.25 bits per heavy atom. The number of hydrogen-bond acceptors (Lipinski definition) is 3. The van der Waals surface area contributed by atoms with Gasteiger partial charge in [0.1, 0.15) is 11.8 Å². The summed E-state index contributed by atoms with van der Waals surface area (Å²) >= 11 is 6.35. The Bertz CT molecular complexity index is 881. The largest absolute Gasteiger partial charge is 0.484 e. The summed E-state index contributed by atoms with van der Waals surface area (Å²) in [6.45, 7) is 10.9. The van der Waals surface area contributed by atoms with Gasteiger partial charge in [-0.3, -0.25) is 9.59 Å².